The van der Waals surface area contributed by atoms with Gasteiger partial charge in [0, 0.05) is 49.6 Å². The summed E-state index contributed by atoms with van der Waals surface area (Å²) in [4.78, 5) is 36.9. The Hall–Kier alpha value is -2.08. The summed E-state index contributed by atoms with van der Waals surface area (Å²) in [6, 6.07) is 6.66. The molecule has 7 heteroatoms. The predicted octanol–water partition coefficient (Wildman–Crippen LogP) is 1.98. The number of nitrogens with zero attached hydrogens (tertiary/aromatic N) is 1. The van der Waals surface area contributed by atoms with Crippen LogP contribution in [-0.4, -0.2) is 48.8 Å². The monoisotopic (exact) mass is 365 g/mol. The lowest BCUT2D eigenvalue weighted by molar-refractivity contribution is -0.127. The van der Waals surface area contributed by atoms with E-state index in [4.69, 9.17) is 11.6 Å². The molecule has 0 unspecified atom stereocenters. The van der Waals surface area contributed by atoms with Crippen LogP contribution in [0.5, 0.6) is 0 Å². The molecule has 0 saturated carbocycles. The van der Waals surface area contributed by atoms with Crippen LogP contribution in [0.2, 0.25) is 5.02 Å². The van der Waals surface area contributed by atoms with E-state index >= 15 is 0 Å². The van der Waals surface area contributed by atoms with Crippen LogP contribution in [0.4, 0.5) is 0 Å². The lowest BCUT2D eigenvalue weighted by Gasteiger charge is -2.15. The summed E-state index contributed by atoms with van der Waals surface area (Å²) in [5.41, 5.74) is 0.547. The third-order valence-electron chi connectivity index (χ3n) is 4.07. The minimum atomic E-state index is -0.174. The van der Waals surface area contributed by atoms with Crippen molar-refractivity contribution >= 4 is 29.3 Å². The largest absolute Gasteiger partial charge is 0.356 e. The Labute approximate surface area is 152 Å². The number of nitrogens with one attached hydrogen (secondary N) is 2. The molecule has 1 heterocycles. The molecule has 1 aromatic rings. The van der Waals surface area contributed by atoms with Crippen LogP contribution in [0.15, 0.2) is 24.3 Å². The van der Waals surface area contributed by atoms with E-state index in [1.165, 1.54) is 0 Å². The van der Waals surface area contributed by atoms with E-state index in [-0.39, 0.29) is 17.7 Å². The van der Waals surface area contributed by atoms with Gasteiger partial charge < -0.3 is 15.5 Å². The quantitative estimate of drug-likeness (QED) is 0.657. The second-order valence-corrected chi connectivity index (χ2v) is 6.49. The minimum Gasteiger partial charge on any atom is -0.356 e. The first-order valence-corrected chi connectivity index (χ1v) is 9.02. The number of rotatable bonds is 9. The summed E-state index contributed by atoms with van der Waals surface area (Å²) >= 11 is 5.78. The molecule has 2 rings (SSSR count). The van der Waals surface area contributed by atoms with Crippen LogP contribution in [0, 0.1) is 0 Å². The van der Waals surface area contributed by atoms with Gasteiger partial charge in [0.15, 0.2) is 0 Å². The summed E-state index contributed by atoms with van der Waals surface area (Å²) in [5.74, 6) is 0.00333. The Morgan fingerprint density at radius 2 is 1.80 bits per heavy atom. The molecule has 0 bridgehead atoms. The highest BCUT2D eigenvalue weighted by molar-refractivity contribution is 6.30. The van der Waals surface area contributed by atoms with Crippen molar-refractivity contribution in [2.75, 3.05) is 26.2 Å². The molecular formula is C18H24ClN3O3. The van der Waals surface area contributed by atoms with Gasteiger partial charge in [-0.05, 0) is 43.5 Å². The van der Waals surface area contributed by atoms with E-state index in [0.29, 0.717) is 49.5 Å². The van der Waals surface area contributed by atoms with Crippen molar-refractivity contribution in [2.24, 2.45) is 0 Å². The number of likely N-dealkylation sites (tertiary alicyclic amines) is 1. The Morgan fingerprint density at radius 3 is 2.48 bits per heavy atom. The van der Waals surface area contributed by atoms with Gasteiger partial charge in [0.25, 0.3) is 5.91 Å². The molecule has 0 aliphatic carbocycles. The SMILES string of the molecule is O=C(CCCNC(=O)c1ccc(Cl)cc1)NCCCN1CCCC1=O. The number of carbonyl (C=O) groups is 3. The van der Waals surface area contributed by atoms with Crippen LogP contribution in [-0.2, 0) is 9.59 Å². The zero-order valence-corrected chi connectivity index (χ0v) is 15.0. The van der Waals surface area contributed by atoms with Gasteiger partial charge in [0.1, 0.15) is 0 Å². The zero-order valence-electron chi connectivity index (χ0n) is 14.2. The summed E-state index contributed by atoms with van der Waals surface area (Å²) in [6.07, 6.45) is 3.30. The van der Waals surface area contributed by atoms with Gasteiger partial charge in [-0.2, -0.15) is 0 Å². The number of hydrogen-bond acceptors (Lipinski definition) is 3. The van der Waals surface area contributed by atoms with Crippen molar-refractivity contribution in [1.29, 1.82) is 0 Å². The smallest absolute Gasteiger partial charge is 0.251 e. The Bertz CT molecular complexity index is 604. The maximum absolute atomic E-state index is 11.9. The van der Waals surface area contributed by atoms with Crippen molar-refractivity contribution in [3.63, 3.8) is 0 Å². The van der Waals surface area contributed by atoms with Crippen LogP contribution < -0.4 is 10.6 Å². The lowest BCUT2D eigenvalue weighted by atomic mass is 10.2. The minimum absolute atomic E-state index is 0.0338. The average molecular weight is 366 g/mol. The van der Waals surface area contributed by atoms with E-state index in [1.54, 1.807) is 24.3 Å². The molecule has 25 heavy (non-hydrogen) atoms. The van der Waals surface area contributed by atoms with E-state index in [2.05, 4.69) is 10.6 Å². The van der Waals surface area contributed by atoms with Crippen molar-refractivity contribution < 1.29 is 14.4 Å². The second kappa shape index (κ2) is 10.0. The van der Waals surface area contributed by atoms with Crippen molar-refractivity contribution in [1.82, 2.24) is 15.5 Å². The highest BCUT2D eigenvalue weighted by Gasteiger charge is 2.18. The van der Waals surface area contributed by atoms with Gasteiger partial charge in [-0.15, -0.1) is 0 Å². The van der Waals surface area contributed by atoms with Gasteiger partial charge in [-0.1, -0.05) is 11.6 Å². The van der Waals surface area contributed by atoms with Gasteiger partial charge >= 0.3 is 0 Å². The molecule has 2 N–H and O–H groups in total. The Kier molecular flexibility index (Phi) is 7.73. The molecule has 3 amide bonds. The predicted molar refractivity (Wildman–Crippen MR) is 96.5 cm³/mol. The van der Waals surface area contributed by atoms with Gasteiger partial charge in [-0.25, -0.2) is 0 Å². The highest BCUT2D eigenvalue weighted by atomic mass is 35.5. The molecule has 1 aromatic carbocycles. The number of benzene rings is 1. The summed E-state index contributed by atoms with van der Waals surface area (Å²) in [6.45, 7) is 2.55. The van der Waals surface area contributed by atoms with E-state index < -0.39 is 0 Å². The third kappa shape index (κ3) is 6.74. The first-order chi connectivity index (χ1) is 12.1. The van der Waals surface area contributed by atoms with Crippen molar-refractivity contribution in [3.05, 3.63) is 34.9 Å². The topological polar surface area (TPSA) is 78.5 Å². The second-order valence-electron chi connectivity index (χ2n) is 6.05. The molecule has 1 aliphatic rings. The fourth-order valence-electron chi connectivity index (χ4n) is 2.68. The average Bonchev–Trinajstić information content (AvgIpc) is 3.01. The fraction of sp³-hybridized carbons (Fsp3) is 0.500. The number of hydrogen-bond donors (Lipinski definition) is 2. The fourth-order valence-corrected chi connectivity index (χ4v) is 2.81. The van der Waals surface area contributed by atoms with Crippen molar-refractivity contribution in [2.45, 2.75) is 32.1 Å². The molecule has 0 spiro atoms. The first kappa shape index (κ1) is 19.2. The number of halogens is 1. The maximum atomic E-state index is 11.9. The summed E-state index contributed by atoms with van der Waals surface area (Å²) in [7, 11) is 0. The molecule has 1 fully saturated rings. The molecular weight excluding hydrogens is 342 g/mol. The van der Waals surface area contributed by atoms with E-state index in [9.17, 15) is 14.4 Å². The Morgan fingerprint density at radius 1 is 1.08 bits per heavy atom. The molecule has 1 aliphatic heterocycles. The van der Waals surface area contributed by atoms with E-state index in [0.717, 1.165) is 19.4 Å². The standard InChI is InChI=1S/C18H24ClN3O3/c19-15-8-6-14(7-9-15)18(25)21-10-1-4-16(23)20-11-3-13-22-12-2-5-17(22)24/h6-9H,1-5,10-13H2,(H,20,23)(H,21,25). The van der Waals surface area contributed by atoms with Crippen LogP contribution in [0.3, 0.4) is 0 Å². The molecule has 0 radical (unpaired) electrons. The first-order valence-electron chi connectivity index (χ1n) is 8.64. The summed E-state index contributed by atoms with van der Waals surface area (Å²) in [5, 5.41) is 6.21. The molecule has 0 atom stereocenters. The number of amides is 3. The number of carbonyl (C=O) groups excluding carboxylic acids is 3. The maximum Gasteiger partial charge on any atom is 0.251 e. The third-order valence-corrected chi connectivity index (χ3v) is 4.32. The van der Waals surface area contributed by atoms with Gasteiger partial charge in [0.05, 0.1) is 0 Å². The normalized spacial score (nSPS) is 13.8. The molecule has 0 aromatic heterocycles. The Balaban J connectivity index is 1.51. The summed E-state index contributed by atoms with van der Waals surface area (Å²) < 4.78 is 0. The van der Waals surface area contributed by atoms with Crippen LogP contribution >= 0.6 is 11.6 Å². The van der Waals surface area contributed by atoms with Crippen LogP contribution in [0.1, 0.15) is 42.5 Å². The zero-order chi connectivity index (χ0) is 18.1. The molecule has 1 saturated heterocycles. The lowest BCUT2D eigenvalue weighted by Crippen LogP contribution is -2.31. The van der Waals surface area contributed by atoms with Gasteiger partial charge in [-0.3, -0.25) is 14.4 Å². The molecule has 6 nitrogen and oxygen atoms in total. The molecule has 136 valence electrons. The van der Waals surface area contributed by atoms with Crippen LogP contribution in [0.25, 0.3) is 0 Å². The van der Waals surface area contributed by atoms with Gasteiger partial charge in [0.2, 0.25) is 11.8 Å². The van der Waals surface area contributed by atoms with E-state index in [1.807, 2.05) is 4.90 Å². The van der Waals surface area contributed by atoms with Crippen molar-refractivity contribution in [3.8, 4) is 0 Å². The highest BCUT2D eigenvalue weighted by Crippen LogP contribution is 2.10.